The molecule has 1 saturated heterocycles. The van der Waals surface area contributed by atoms with E-state index in [0.717, 1.165) is 5.56 Å². The van der Waals surface area contributed by atoms with Crippen molar-refractivity contribution in [3.63, 3.8) is 0 Å². The second kappa shape index (κ2) is 7.79. The van der Waals surface area contributed by atoms with Crippen LogP contribution >= 0.6 is 0 Å². The Bertz CT molecular complexity index is 508. The van der Waals surface area contributed by atoms with Crippen molar-refractivity contribution in [3.8, 4) is 5.75 Å². The largest absolute Gasteiger partial charge is 0.497 e. The Balaban J connectivity index is 2.07. The van der Waals surface area contributed by atoms with Gasteiger partial charge in [0.1, 0.15) is 5.75 Å². The summed E-state index contributed by atoms with van der Waals surface area (Å²) in [6.45, 7) is 2.22. The third-order valence-corrected chi connectivity index (χ3v) is 3.79. The molecule has 6 nitrogen and oxygen atoms in total. The predicted molar refractivity (Wildman–Crippen MR) is 80.0 cm³/mol. The quantitative estimate of drug-likeness (QED) is 0.862. The lowest BCUT2D eigenvalue weighted by molar-refractivity contribution is -0.138. The lowest BCUT2D eigenvalue weighted by atomic mass is 9.92. The maximum Gasteiger partial charge on any atom is 0.303 e. The second-order valence-electron chi connectivity index (χ2n) is 5.27. The van der Waals surface area contributed by atoms with Gasteiger partial charge in [-0.2, -0.15) is 0 Å². The predicted octanol–water partition coefficient (Wildman–Crippen LogP) is 1.50. The molecule has 2 rings (SSSR count). The first-order valence-corrected chi connectivity index (χ1v) is 7.31. The number of ether oxygens (including phenoxy) is 2. The highest BCUT2D eigenvalue weighted by atomic mass is 16.5. The fourth-order valence-electron chi connectivity index (χ4n) is 2.55. The van der Waals surface area contributed by atoms with Crippen molar-refractivity contribution in [1.82, 2.24) is 4.90 Å². The van der Waals surface area contributed by atoms with E-state index in [2.05, 4.69) is 0 Å². The summed E-state index contributed by atoms with van der Waals surface area (Å²) in [4.78, 5) is 25.2. The smallest absolute Gasteiger partial charge is 0.303 e. The molecule has 22 heavy (non-hydrogen) atoms. The van der Waals surface area contributed by atoms with Crippen molar-refractivity contribution in [2.24, 2.45) is 0 Å². The van der Waals surface area contributed by atoms with Crippen LogP contribution < -0.4 is 4.74 Å². The van der Waals surface area contributed by atoms with E-state index in [1.54, 1.807) is 24.1 Å². The van der Waals surface area contributed by atoms with E-state index in [-0.39, 0.29) is 24.7 Å². The van der Waals surface area contributed by atoms with Crippen LogP contribution in [0.1, 0.15) is 24.3 Å². The van der Waals surface area contributed by atoms with Gasteiger partial charge in [-0.3, -0.25) is 9.59 Å². The summed E-state index contributed by atoms with van der Waals surface area (Å²) in [6.07, 6.45) is 0.126. The Kier molecular flexibility index (Phi) is 5.77. The summed E-state index contributed by atoms with van der Waals surface area (Å²) in [5.74, 6) is -0.558. The van der Waals surface area contributed by atoms with Crippen molar-refractivity contribution in [2.45, 2.75) is 18.8 Å². The molecule has 1 atom stereocenters. The Hall–Kier alpha value is -2.08. The number of carbonyl (C=O) groups excluding carboxylic acids is 1. The van der Waals surface area contributed by atoms with Gasteiger partial charge >= 0.3 is 5.97 Å². The molecule has 0 saturated carbocycles. The third-order valence-electron chi connectivity index (χ3n) is 3.79. The minimum atomic E-state index is -0.907. The summed E-state index contributed by atoms with van der Waals surface area (Å²) in [6, 6.07) is 7.20. The summed E-state index contributed by atoms with van der Waals surface area (Å²) in [5.41, 5.74) is 0.838. The zero-order valence-corrected chi connectivity index (χ0v) is 12.7. The molecule has 0 aliphatic carbocycles. The molecule has 1 aromatic carbocycles. The van der Waals surface area contributed by atoms with Crippen LogP contribution in [-0.4, -0.2) is 55.3 Å². The van der Waals surface area contributed by atoms with Gasteiger partial charge < -0.3 is 19.5 Å². The number of benzene rings is 1. The van der Waals surface area contributed by atoms with Gasteiger partial charge in [0.05, 0.1) is 26.7 Å². The van der Waals surface area contributed by atoms with Crippen LogP contribution in [0.15, 0.2) is 24.3 Å². The molecule has 1 aliphatic heterocycles. The molecule has 0 aromatic heterocycles. The van der Waals surface area contributed by atoms with Crippen LogP contribution in [0.3, 0.4) is 0 Å². The zero-order chi connectivity index (χ0) is 15.9. The number of carboxylic acid groups (broad SMARTS) is 1. The molecular weight excluding hydrogens is 286 g/mol. The lowest BCUT2D eigenvalue weighted by Gasteiger charge is -2.28. The second-order valence-corrected chi connectivity index (χ2v) is 5.27. The number of methoxy groups -OCH3 is 1. The number of morpholine rings is 1. The molecule has 0 unspecified atom stereocenters. The van der Waals surface area contributed by atoms with Crippen LogP contribution in [-0.2, 0) is 14.3 Å². The monoisotopic (exact) mass is 307 g/mol. The molecule has 1 aromatic rings. The van der Waals surface area contributed by atoms with E-state index in [0.29, 0.717) is 32.1 Å². The SMILES string of the molecule is COc1ccc([C@@H](CC(=O)O)CC(=O)N2CCOCC2)cc1. The summed E-state index contributed by atoms with van der Waals surface area (Å²) < 4.78 is 10.3. The first-order chi connectivity index (χ1) is 10.6. The number of rotatable bonds is 6. The lowest BCUT2D eigenvalue weighted by Crippen LogP contribution is -2.41. The molecule has 6 heteroatoms. The molecule has 1 N–H and O–H groups in total. The number of amides is 1. The van der Waals surface area contributed by atoms with Gasteiger partial charge in [-0.25, -0.2) is 0 Å². The van der Waals surface area contributed by atoms with Gasteiger partial charge in [-0.15, -0.1) is 0 Å². The van der Waals surface area contributed by atoms with Crippen molar-refractivity contribution < 1.29 is 24.2 Å². The Morgan fingerprint density at radius 1 is 1.23 bits per heavy atom. The zero-order valence-electron chi connectivity index (χ0n) is 12.7. The number of hydrogen-bond acceptors (Lipinski definition) is 4. The number of carboxylic acids is 1. The van der Waals surface area contributed by atoms with E-state index in [4.69, 9.17) is 14.6 Å². The van der Waals surface area contributed by atoms with Crippen molar-refractivity contribution >= 4 is 11.9 Å². The van der Waals surface area contributed by atoms with Gasteiger partial charge in [0, 0.05) is 25.4 Å². The number of nitrogens with zero attached hydrogens (tertiary/aromatic N) is 1. The highest BCUT2D eigenvalue weighted by Gasteiger charge is 2.24. The maximum atomic E-state index is 12.3. The van der Waals surface area contributed by atoms with E-state index in [9.17, 15) is 9.59 Å². The molecule has 1 amide bonds. The maximum absolute atomic E-state index is 12.3. The van der Waals surface area contributed by atoms with Gasteiger partial charge in [0.15, 0.2) is 0 Å². The minimum Gasteiger partial charge on any atom is -0.497 e. The van der Waals surface area contributed by atoms with Gasteiger partial charge in [-0.1, -0.05) is 12.1 Å². The molecule has 1 heterocycles. The van der Waals surface area contributed by atoms with Crippen LogP contribution in [0.4, 0.5) is 0 Å². The van der Waals surface area contributed by atoms with Gasteiger partial charge in [-0.05, 0) is 17.7 Å². The Labute approximate surface area is 129 Å². The highest BCUT2D eigenvalue weighted by Crippen LogP contribution is 2.26. The van der Waals surface area contributed by atoms with Gasteiger partial charge in [0.2, 0.25) is 5.91 Å². The van der Waals surface area contributed by atoms with E-state index in [1.165, 1.54) is 0 Å². The fraction of sp³-hybridized carbons (Fsp3) is 0.500. The summed E-state index contributed by atoms with van der Waals surface area (Å²) in [5, 5.41) is 9.10. The van der Waals surface area contributed by atoms with Crippen molar-refractivity contribution in [2.75, 3.05) is 33.4 Å². The number of hydrogen-bond donors (Lipinski definition) is 1. The van der Waals surface area contributed by atoms with Crippen molar-refractivity contribution in [1.29, 1.82) is 0 Å². The summed E-state index contributed by atoms with van der Waals surface area (Å²) >= 11 is 0. The average Bonchev–Trinajstić information content (AvgIpc) is 2.54. The first kappa shape index (κ1) is 16.3. The number of aliphatic carboxylic acids is 1. The highest BCUT2D eigenvalue weighted by molar-refractivity contribution is 5.78. The van der Waals surface area contributed by atoms with Crippen molar-refractivity contribution in [3.05, 3.63) is 29.8 Å². The summed E-state index contributed by atoms with van der Waals surface area (Å²) in [7, 11) is 1.58. The van der Waals surface area contributed by atoms with Gasteiger partial charge in [0.25, 0.3) is 0 Å². The van der Waals surface area contributed by atoms with Crippen LogP contribution in [0.25, 0.3) is 0 Å². The third kappa shape index (κ3) is 4.46. The Morgan fingerprint density at radius 3 is 2.41 bits per heavy atom. The van der Waals surface area contributed by atoms with E-state index >= 15 is 0 Å². The standard InChI is InChI=1S/C16H21NO5/c1-21-14-4-2-12(3-5-14)13(11-16(19)20)10-15(18)17-6-8-22-9-7-17/h2-5,13H,6-11H2,1H3,(H,19,20)/t13-/m1/s1. The molecule has 0 spiro atoms. The normalized spacial score (nSPS) is 16.1. The average molecular weight is 307 g/mol. The van der Waals surface area contributed by atoms with E-state index < -0.39 is 5.97 Å². The Morgan fingerprint density at radius 2 is 1.86 bits per heavy atom. The topological polar surface area (TPSA) is 76.1 Å². The molecule has 0 bridgehead atoms. The fourth-order valence-corrected chi connectivity index (χ4v) is 2.55. The molecular formula is C16H21NO5. The van der Waals surface area contributed by atoms with E-state index in [1.807, 2.05) is 12.1 Å². The molecule has 0 radical (unpaired) electrons. The van der Waals surface area contributed by atoms with Crippen LogP contribution in [0.2, 0.25) is 0 Å². The minimum absolute atomic E-state index is 0.0228. The van der Waals surface area contributed by atoms with Crippen LogP contribution in [0.5, 0.6) is 5.75 Å². The first-order valence-electron chi connectivity index (χ1n) is 7.31. The molecule has 120 valence electrons. The molecule has 1 fully saturated rings. The van der Waals surface area contributed by atoms with Crippen LogP contribution in [0, 0.1) is 0 Å². The number of carbonyl (C=O) groups is 2. The molecule has 1 aliphatic rings.